The lowest BCUT2D eigenvalue weighted by molar-refractivity contribution is 0.0937. The van der Waals surface area contributed by atoms with Crippen LogP contribution in [0.4, 0.5) is 5.95 Å². The van der Waals surface area contributed by atoms with E-state index in [1.807, 2.05) is 32.0 Å². The van der Waals surface area contributed by atoms with E-state index in [4.69, 9.17) is 9.47 Å². The highest BCUT2D eigenvalue weighted by atomic mass is 16.5. The van der Waals surface area contributed by atoms with Crippen LogP contribution in [0, 0.1) is 13.8 Å². The number of aryl methyl sites for hydroxylation is 3. The Labute approximate surface area is 186 Å². The number of rotatable bonds is 10. The van der Waals surface area contributed by atoms with E-state index in [0.29, 0.717) is 24.8 Å². The highest BCUT2D eigenvalue weighted by Gasteiger charge is 2.21. The molecule has 0 unspecified atom stereocenters. The van der Waals surface area contributed by atoms with E-state index in [-0.39, 0.29) is 24.3 Å². The van der Waals surface area contributed by atoms with Gasteiger partial charge in [-0.2, -0.15) is 4.98 Å². The number of aliphatic hydroxyl groups is 1. The lowest BCUT2D eigenvalue weighted by atomic mass is 10.1. The molecule has 2 heterocycles. The smallest absolute Gasteiger partial charge is 0.332 e. The summed E-state index contributed by atoms with van der Waals surface area (Å²) in [6.45, 7) is 5.25. The third-order valence-electron chi connectivity index (χ3n) is 5.47. The summed E-state index contributed by atoms with van der Waals surface area (Å²) in [5, 5.41) is 13.9. The van der Waals surface area contributed by atoms with Crippen LogP contribution in [0.15, 0.2) is 27.8 Å². The lowest BCUT2D eigenvalue weighted by Crippen LogP contribution is -2.38. The van der Waals surface area contributed by atoms with Crippen molar-refractivity contribution < 1.29 is 14.6 Å². The molecule has 2 aromatic heterocycles. The van der Waals surface area contributed by atoms with Gasteiger partial charge in [-0.15, -0.1) is 0 Å². The molecule has 0 saturated heterocycles. The van der Waals surface area contributed by atoms with Crippen LogP contribution in [-0.2, 0) is 25.4 Å². The van der Waals surface area contributed by atoms with Gasteiger partial charge in [0.1, 0.15) is 18.5 Å². The summed E-state index contributed by atoms with van der Waals surface area (Å²) in [4.78, 5) is 29.7. The molecule has 0 fully saturated rings. The van der Waals surface area contributed by atoms with Crippen LogP contribution in [0.5, 0.6) is 5.75 Å². The number of aliphatic hydroxyl groups excluding tert-OH is 1. The predicted molar refractivity (Wildman–Crippen MR) is 123 cm³/mol. The van der Waals surface area contributed by atoms with E-state index in [2.05, 4.69) is 10.3 Å². The molecular formula is C22H31N5O5. The summed E-state index contributed by atoms with van der Waals surface area (Å²) < 4.78 is 14.8. The van der Waals surface area contributed by atoms with Crippen molar-refractivity contribution in [2.45, 2.75) is 32.9 Å². The van der Waals surface area contributed by atoms with Crippen LogP contribution in [0.2, 0.25) is 0 Å². The standard InChI is InChI=1S/C22H31N5O5/c1-14-7-8-17(11-15(14)2)32-13-16(28)12-27-18-19(24-21(27)23-9-6-10-31-5)25(3)22(30)26(4)20(18)29/h7-8,11,16,28H,6,9-10,12-13H2,1-5H3,(H,23,24)/t16-/m0/s1. The van der Waals surface area contributed by atoms with Gasteiger partial charge in [0.25, 0.3) is 5.56 Å². The fraction of sp³-hybridized carbons (Fsp3) is 0.500. The zero-order valence-electron chi connectivity index (χ0n) is 19.2. The molecular weight excluding hydrogens is 414 g/mol. The van der Waals surface area contributed by atoms with Crippen LogP contribution in [0.3, 0.4) is 0 Å². The Bertz CT molecular complexity index is 1210. The number of hydrogen-bond donors (Lipinski definition) is 2. The summed E-state index contributed by atoms with van der Waals surface area (Å²) in [5.41, 5.74) is 1.83. The molecule has 0 aliphatic carbocycles. The SMILES string of the molecule is COCCCNc1nc2c(c(=O)n(C)c(=O)n2C)n1C[C@H](O)COc1ccc(C)c(C)c1. The first kappa shape index (κ1) is 23.6. The molecule has 3 rings (SSSR count). The highest BCUT2D eigenvalue weighted by Crippen LogP contribution is 2.19. The quantitative estimate of drug-likeness (QED) is 0.447. The number of imidazole rings is 1. The van der Waals surface area contributed by atoms with Crippen LogP contribution in [0.25, 0.3) is 11.2 Å². The molecule has 0 bridgehead atoms. The van der Waals surface area contributed by atoms with E-state index >= 15 is 0 Å². The van der Waals surface area contributed by atoms with Gasteiger partial charge in [0, 0.05) is 34.4 Å². The molecule has 1 aromatic carbocycles. The molecule has 174 valence electrons. The fourth-order valence-corrected chi connectivity index (χ4v) is 3.44. The molecule has 0 aliphatic heterocycles. The van der Waals surface area contributed by atoms with Gasteiger partial charge < -0.3 is 24.5 Å². The van der Waals surface area contributed by atoms with Crippen molar-refractivity contribution >= 4 is 17.1 Å². The Morgan fingerprint density at radius 2 is 1.91 bits per heavy atom. The number of nitrogens with zero attached hydrogens (tertiary/aromatic N) is 4. The summed E-state index contributed by atoms with van der Waals surface area (Å²) in [6, 6.07) is 5.74. The van der Waals surface area contributed by atoms with Gasteiger partial charge in [-0.05, 0) is 43.5 Å². The van der Waals surface area contributed by atoms with E-state index in [9.17, 15) is 14.7 Å². The number of benzene rings is 1. The third-order valence-corrected chi connectivity index (χ3v) is 5.47. The zero-order chi connectivity index (χ0) is 23.4. The normalized spacial score (nSPS) is 12.3. The van der Waals surface area contributed by atoms with Gasteiger partial charge in [0.05, 0.1) is 6.54 Å². The van der Waals surface area contributed by atoms with Crippen LogP contribution < -0.4 is 21.3 Å². The molecule has 0 saturated carbocycles. The minimum Gasteiger partial charge on any atom is -0.491 e. The summed E-state index contributed by atoms with van der Waals surface area (Å²) >= 11 is 0. The Hall–Kier alpha value is -3.11. The maximum atomic E-state index is 12.9. The van der Waals surface area contributed by atoms with Gasteiger partial charge in [-0.3, -0.25) is 13.9 Å². The topological polar surface area (TPSA) is 113 Å². The van der Waals surface area contributed by atoms with E-state index in [1.54, 1.807) is 18.7 Å². The Kier molecular flexibility index (Phi) is 7.37. The zero-order valence-corrected chi connectivity index (χ0v) is 19.2. The van der Waals surface area contributed by atoms with Crippen molar-refractivity contribution in [3.63, 3.8) is 0 Å². The van der Waals surface area contributed by atoms with Gasteiger partial charge in [-0.25, -0.2) is 4.79 Å². The monoisotopic (exact) mass is 445 g/mol. The first-order valence-corrected chi connectivity index (χ1v) is 10.5. The Balaban J connectivity index is 1.89. The van der Waals surface area contributed by atoms with Crippen molar-refractivity contribution in [2.24, 2.45) is 14.1 Å². The number of hydrogen-bond acceptors (Lipinski definition) is 7. The van der Waals surface area contributed by atoms with Crippen LogP contribution in [0.1, 0.15) is 17.5 Å². The van der Waals surface area contributed by atoms with Crippen molar-refractivity contribution in [3.8, 4) is 5.75 Å². The van der Waals surface area contributed by atoms with E-state index in [0.717, 1.165) is 22.1 Å². The molecule has 0 amide bonds. The molecule has 32 heavy (non-hydrogen) atoms. The Morgan fingerprint density at radius 3 is 2.59 bits per heavy atom. The first-order valence-electron chi connectivity index (χ1n) is 10.5. The molecule has 0 aliphatic rings. The molecule has 2 N–H and O–H groups in total. The minimum atomic E-state index is -0.907. The first-order chi connectivity index (χ1) is 15.2. The second-order valence-corrected chi connectivity index (χ2v) is 7.91. The molecule has 0 spiro atoms. The maximum absolute atomic E-state index is 12.9. The van der Waals surface area contributed by atoms with Crippen molar-refractivity contribution in [1.82, 2.24) is 18.7 Å². The molecule has 10 nitrogen and oxygen atoms in total. The molecule has 10 heteroatoms. The largest absolute Gasteiger partial charge is 0.491 e. The number of aromatic nitrogens is 4. The summed E-state index contributed by atoms with van der Waals surface area (Å²) in [6.07, 6.45) is -0.176. The minimum absolute atomic E-state index is 0.0391. The lowest BCUT2D eigenvalue weighted by Gasteiger charge is -2.16. The number of methoxy groups -OCH3 is 1. The summed E-state index contributed by atoms with van der Waals surface area (Å²) in [5.74, 6) is 1.07. The average molecular weight is 446 g/mol. The second kappa shape index (κ2) is 10.0. The van der Waals surface area contributed by atoms with Gasteiger partial charge in [-0.1, -0.05) is 6.07 Å². The number of nitrogens with one attached hydrogen (secondary N) is 1. The van der Waals surface area contributed by atoms with Crippen molar-refractivity contribution in [3.05, 3.63) is 50.2 Å². The van der Waals surface area contributed by atoms with Crippen LogP contribution in [-0.4, -0.2) is 56.8 Å². The number of anilines is 1. The van der Waals surface area contributed by atoms with Crippen LogP contribution >= 0.6 is 0 Å². The van der Waals surface area contributed by atoms with Gasteiger partial charge in [0.2, 0.25) is 5.95 Å². The highest BCUT2D eigenvalue weighted by molar-refractivity contribution is 5.74. The predicted octanol–water partition coefficient (Wildman–Crippen LogP) is 0.939. The van der Waals surface area contributed by atoms with Gasteiger partial charge >= 0.3 is 5.69 Å². The fourth-order valence-electron chi connectivity index (χ4n) is 3.44. The average Bonchev–Trinajstić information content (AvgIpc) is 3.12. The molecule has 1 atom stereocenters. The number of ether oxygens (including phenoxy) is 2. The summed E-state index contributed by atoms with van der Waals surface area (Å²) in [7, 11) is 4.61. The maximum Gasteiger partial charge on any atom is 0.332 e. The van der Waals surface area contributed by atoms with Crippen molar-refractivity contribution in [1.29, 1.82) is 0 Å². The Morgan fingerprint density at radius 1 is 1.16 bits per heavy atom. The second-order valence-electron chi connectivity index (χ2n) is 7.91. The third kappa shape index (κ3) is 4.86. The molecule has 0 radical (unpaired) electrons. The van der Waals surface area contributed by atoms with Gasteiger partial charge in [0.15, 0.2) is 11.2 Å². The number of fused-ring (bicyclic) bond motifs is 1. The van der Waals surface area contributed by atoms with E-state index in [1.165, 1.54) is 11.6 Å². The molecule has 3 aromatic rings. The van der Waals surface area contributed by atoms with E-state index < -0.39 is 17.4 Å². The van der Waals surface area contributed by atoms with Crippen molar-refractivity contribution in [2.75, 3.05) is 32.2 Å².